The molecule has 4 heteroatoms. The molecule has 1 N–H and O–H groups in total. The minimum absolute atomic E-state index is 0.473. The molecule has 0 bridgehead atoms. The van der Waals surface area contributed by atoms with Crippen LogP contribution in [0, 0.1) is 18.3 Å². The Balaban J connectivity index is 2.40. The molecular formula is C16H14ClNO2. The van der Waals surface area contributed by atoms with Gasteiger partial charge in [0.2, 0.25) is 0 Å². The third-order valence-electron chi connectivity index (χ3n) is 2.95. The third-order valence-corrected chi connectivity index (χ3v) is 3.37. The summed E-state index contributed by atoms with van der Waals surface area (Å²) in [5.74, 6) is 1.09. The summed E-state index contributed by atoms with van der Waals surface area (Å²) in [4.78, 5) is 0. The SMILES string of the molecule is Cc1cc(Oc2cc(C#N)ccc2[C@@H](C)O)ccc1Cl. The molecule has 0 radical (unpaired) electrons. The molecule has 0 aliphatic rings. The average molecular weight is 288 g/mol. The fourth-order valence-electron chi connectivity index (χ4n) is 1.85. The van der Waals surface area contributed by atoms with Gasteiger partial charge in [0.25, 0.3) is 0 Å². The van der Waals surface area contributed by atoms with Gasteiger partial charge in [-0.25, -0.2) is 0 Å². The lowest BCUT2D eigenvalue weighted by Gasteiger charge is -2.14. The van der Waals surface area contributed by atoms with Crippen LogP contribution in [0.2, 0.25) is 5.02 Å². The van der Waals surface area contributed by atoms with Crippen molar-refractivity contribution in [1.82, 2.24) is 0 Å². The van der Waals surface area contributed by atoms with Gasteiger partial charge in [0.05, 0.1) is 17.7 Å². The zero-order chi connectivity index (χ0) is 14.7. The Bertz CT molecular complexity index is 675. The molecule has 0 fully saturated rings. The highest BCUT2D eigenvalue weighted by molar-refractivity contribution is 6.31. The molecule has 0 spiro atoms. The number of nitrogens with zero attached hydrogens (tertiary/aromatic N) is 1. The Kier molecular flexibility index (Phi) is 4.29. The van der Waals surface area contributed by atoms with Gasteiger partial charge in [0, 0.05) is 10.6 Å². The molecule has 0 saturated heterocycles. The van der Waals surface area contributed by atoms with Gasteiger partial charge in [0.15, 0.2) is 0 Å². The van der Waals surface area contributed by atoms with Crippen molar-refractivity contribution in [3.05, 3.63) is 58.1 Å². The largest absolute Gasteiger partial charge is 0.457 e. The standard InChI is InChI=1S/C16H14ClNO2/c1-10-7-13(4-6-15(10)17)20-16-8-12(9-18)3-5-14(16)11(2)19/h3-8,11,19H,1-2H3/t11-/m1/s1. The smallest absolute Gasteiger partial charge is 0.134 e. The molecule has 0 aliphatic carbocycles. The maximum Gasteiger partial charge on any atom is 0.134 e. The van der Waals surface area contributed by atoms with Gasteiger partial charge in [-0.3, -0.25) is 0 Å². The summed E-state index contributed by atoms with van der Waals surface area (Å²) in [5.41, 5.74) is 2.02. The number of ether oxygens (including phenoxy) is 1. The van der Waals surface area contributed by atoms with E-state index in [1.807, 2.05) is 13.0 Å². The van der Waals surface area contributed by atoms with Crippen LogP contribution < -0.4 is 4.74 Å². The van der Waals surface area contributed by atoms with Crippen LogP contribution in [-0.2, 0) is 0 Å². The number of hydrogen-bond donors (Lipinski definition) is 1. The number of benzene rings is 2. The molecule has 0 unspecified atom stereocenters. The molecule has 2 aromatic carbocycles. The van der Waals surface area contributed by atoms with Crippen molar-refractivity contribution in [2.24, 2.45) is 0 Å². The van der Waals surface area contributed by atoms with E-state index in [-0.39, 0.29) is 0 Å². The Labute approximate surface area is 123 Å². The van der Waals surface area contributed by atoms with Crippen molar-refractivity contribution in [3.63, 3.8) is 0 Å². The highest BCUT2D eigenvalue weighted by Gasteiger charge is 2.11. The highest BCUT2D eigenvalue weighted by atomic mass is 35.5. The second-order valence-electron chi connectivity index (χ2n) is 4.55. The van der Waals surface area contributed by atoms with Gasteiger partial charge in [-0.05, 0) is 49.7 Å². The molecule has 0 heterocycles. The molecular weight excluding hydrogens is 274 g/mol. The maximum absolute atomic E-state index is 9.76. The first kappa shape index (κ1) is 14.4. The van der Waals surface area contributed by atoms with E-state index < -0.39 is 6.10 Å². The number of hydrogen-bond acceptors (Lipinski definition) is 3. The number of aryl methyl sites for hydroxylation is 1. The lowest BCUT2D eigenvalue weighted by molar-refractivity contribution is 0.195. The van der Waals surface area contributed by atoms with Gasteiger partial charge in [-0.1, -0.05) is 17.7 Å². The van der Waals surface area contributed by atoms with E-state index in [4.69, 9.17) is 21.6 Å². The van der Waals surface area contributed by atoms with E-state index in [0.29, 0.717) is 27.6 Å². The number of nitriles is 1. The predicted octanol–water partition coefficient (Wildman–Crippen LogP) is 4.37. The summed E-state index contributed by atoms with van der Waals surface area (Å²) in [6.07, 6.45) is -0.675. The Morgan fingerprint density at radius 2 is 2.00 bits per heavy atom. The fourth-order valence-corrected chi connectivity index (χ4v) is 1.96. The monoisotopic (exact) mass is 287 g/mol. The van der Waals surface area contributed by atoms with Crippen LogP contribution in [0.1, 0.15) is 29.7 Å². The van der Waals surface area contributed by atoms with Crippen LogP contribution in [0.15, 0.2) is 36.4 Å². The lowest BCUT2D eigenvalue weighted by atomic mass is 10.1. The van der Waals surface area contributed by atoms with Crippen LogP contribution in [0.25, 0.3) is 0 Å². The van der Waals surface area contributed by atoms with Gasteiger partial charge in [-0.15, -0.1) is 0 Å². The Morgan fingerprint density at radius 3 is 2.60 bits per heavy atom. The van der Waals surface area contributed by atoms with Crippen LogP contribution in [0.5, 0.6) is 11.5 Å². The number of aliphatic hydroxyl groups excluding tert-OH is 1. The molecule has 0 amide bonds. The van der Waals surface area contributed by atoms with Crippen molar-refractivity contribution in [2.45, 2.75) is 20.0 Å². The number of halogens is 1. The normalized spacial score (nSPS) is 11.8. The summed E-state index contributed by atoms with van der Waals surface area (Å²) in [5, 5.41) is 19.4. The quantitative estimate of drug-likeness (QED) is 0.912. The topological polar surface area (TPSA) is 53.2 Å². The van der Waals surface area contributed by atoms with Crippen molar-refractivity contribution in [3.8, 4) is 17.6 Å². The molecule has 2 aromatic rings. The van der Waals surface area contributed by atoms with Gasteiger partial charge in [-0.2, -0.15) is 5.26 Å². The summed E-state index contributed by atoms with van der Waals surface area (Å²) < 4.78 is 5.78. The summed E-state index contributed by atoms with van der Waals surface area (Å²) in [6, 6.07) is 12.3. The first-order valence-electron chi connectivity index (χ1n) is 6.17. The van der Waals surface area contributed by atoms with E-state index in [1.165, 1.54) is 0 Å². The minimum atomic E-state index is -0.675. The van der Waals surface area contributed by atoms with Gasteiger partial charge in [0.1, 0.15) is 11.5 Å². The zero-order valence-electron chi connectivity index (χ0n) is 11.2. The van der Waals surface area contributed by atoms with Crippen LogP contribution >= 0.6 is 11.6 Å². The first-order valence-corrected chi connectivity index (χ1v) is 6.55. The first-order chi connectivity index (χ1) is 9.51. The molecule has 3 nitrogen and oxygen atoms in total. The van der Waals surface area contributed by atoms with Gasteiger partial charge < -0.3 is 9.84 Å². The van der Waals surface area contributed by atoms with E-state index in [0.717, 1.165) is 5.56 Å². The zero-order valence-corrected chi connectivity index (χ0v) is 12.0. The third kappa shape index (κ3) is 3.11. The van der Waals surface area contributed by atoms with Crippen molar-refractivity contribution in [2.75, 3.05) is 0 Å². The molecule has 2 rings (SSSR count). The molecule has 102 valence electrons. The second kappa shape index (κ2) is 5.96. The molecule has 0 saturated carbocycles. The van der Waals surface area contributed by atoms with Crippen molar-refractivity contribution in [1.29, 1.82) is 5.26 Å². The number of rotatable bonds is 3. The second-order valence-corrected chi connectivity index (χ2v) is 4.96. The molecule has 20 heavy (non-hydrogen) atoms. The maximum atomic E-state index is 9.76. The highest BCUT2D eigenvalue weighted by Crippen LogP contribution is 2.32. The Hall–Kier alpha value is -2.02. The van der Waals surface area contributed by atoms with Crippen LogP contribution in [0.3, 0.4) is 0 Å². The van der Waals surface area contributed by atoms with Crippen molar-refractivity contribution >= 4 is 11.6 Å². The predicted molar refractivity (Wildman–Crippen MR) is 78.1 cm³/mol. The molecule has 0 aliphatic heterocycles. The van der Waals surface area contributed by atoms with Crippen LogP contribution in [-0.4, -0.2) is 5.11 Å². The summed E-state index contributed by atoms with van der Waals surface area (Å²) in [7, 11) is 0. The van der Waals surface area contributed by atoms with E-state index in [1.54, 1.807) is 37.3 Å². The van der Waals surface area contributed by atoms with E-state index >= 15 is 0 Å². The minimum Gasteiger partial charge on any atom is -0.457 e. The summed E-state index contributed by atoms with van der Waals surface area (Å²) >= 11 is 5.97. The van der Waals surface area contributed by atoms with Crippen molar-refractivity contribution < 1.29 is 9.84 Å². The van der Waals surface area contributed by atoms with E-state index in [2.05, 4.69) is 6.07 Å². The van der Waals surface area contributed by atoms with Gasteiger partial charge >= 0.3 is 0 Å². The summed E-state index contributed by atoms with van der Waals surface area (Å²) in [6.45, 7) is 3.54. The molecule has 1 atom stereocenters. The molecule has 0 aromatic heterocycles. The van der Waals surface area contributed by atoms with E-state index in [9.17, 15) is 5.11 Å². The van der Waals surface area contributed by atoms with Crippen LogP contribution in [0.4, 0.5) is 0 Å². The average Bonchev–Trinajstić information content (AvgIpc) is 2.42. The Morgan fingerprint density at radius 1 is 1.25 bits per heavy atom. The fraction of sp³-hybridized carbons (Fsp3) is 0.188. The lowest BCUT2D eigenvalue weighted by Crippen LogP contribution is -1.97. The number of aliphatic hydroxyl groups is 1.